The summed E-state index contributed by atoms with van der Waals surface area (Å²) in [6.45, 7) is 3.63. The number of aromatic amines is 1. The van der Waals surface area contributed by atoms with Crippen LogP contribution < -0.4 is 5.73 Å². The number of para-hydroxylation sites is 1. The molecular formula is C20H26N2O9. The largest absolute Gasteiger partial charge is 0.481 e. The smallest absolute Gasteiger partial charge is 0.336 e. The van der Waals surface area contributed by atoms with Crippen LogP contribution in [0.15, 0.2) is 30.5 Å². The van der Waals surface area contributed by atoms with Gasteiger partial charge in [0.2, 0.25) is 0 Å². The number of H-pyrrole nitrogens is 1. The second-order valence-electron chi connectivity index (χ2n) is 7.13. The molecular weight excluding hydrogens is 412 g/mol. The molecule has 0 saturated heterocycles. The van der Waals surface area contributed by atoms with Crippen molar-refractivity contribution >= 4 is 34.8 Å². The first-order chi connectivity index (χ1) is 14.4. The zero-order valence-corrected chi connectivity index (χ0v) is 17.1. The van der Waals surface area contributed by atoms with Crippen LogP contribution in [0.1, 0.15) is 32.3 Å². The van der Waals surface area contributed by atoms with Gasteiger partial charge in [0, 0.05) is 23.5 Å². The molecule has 0 saturated carbocycles. The summed E-state index contributed by atoms with van der Waals surface area (Å²) in [4.78, 5) is 45.3. The summed E-state index contributed by atoms with van der Waals surface area (Å²) in [5, 5.41) is 34.9. The molecule has 1 aromatic heterocycles. The van der Waals surface area contributed by atoms with Gasteiger partial charge in [0.15, 0.2) is 5.60 Å². The van der Waals surface area contributed by atoms with Crippen LogP contribution in [0.3, 0.4) is 0 Å². The number of aliphatic hydroxyl groups is 1. The van der Waals surface area contributed by atoms with Crippen molar-refractivity contribution in [2.24, 2.45) is 5.73 Å². The van der Waals surface area contributed by atoms with Gasteiger partial charge in [-0.2, -0.15) is 0 Å². The number of carboxylic acids is 3. The Morgan fingerprint density at radius 3 is 2.10 bits per heavy atom. The van der Waals surface area contributed by atoms with Crippen LogP contribution in [-0.2, 0) is 30.3 Å². The number of hydrogen-bond donors (Lipinski definition) is 6. The molecule has 0 amide bonds. The maximum absolute atomic E-state index is 11.7. The van der Waals surface area contributed by atoms with Crippen LogP contribution in [0.5, 0.6) is 0 Å². The minimum atomic E-state index is -2.74. The lowest BCUT2D eigenvalue weighted by Crippen LogP contribution is -2.42. The van der Waals surface area contributed by atoms with Crippen molar-refractivity contribution in [2.75, 3.05) is 0 Å². The minimum Gasteiger partial charge on any atom is -0.481 e. The van der Waals surface area contributed by atoms with E-state index in [-0.39, 0.29) is 12.1 Å². The third kappa shape index (κ3) is 8.07. The van der Waals surface area contributed by atoms with E-state index < -0.39 is 42.4 Å². The molecule has 0 spiro atoms. The first kappa shape index (κ1) is 25.6. The average Bonchev–Trinajstić information content (AvgIpc) is 3.03. The summed E-state index contributed by atoms with van der Waals surface area (Å²) in [5.41, 5.74) is 5.21. The number of nitrogens with one attached hydrogen (secondary N) is 1. The number of carboxylic acid groups (broad SMARTS) is 3. The van der Waals surface area contributed by atoms with Crippen LogP contribution in [0, 0.1) is 0 Å². The number of aliphatic carboxylic acids is 3. The molecule has 11 nitrogen and oxygen atoms in total. The van der Waals surface area contributed by atoms with Gasteiger partial charge in [-0.3, -0.25) is 14.4 Å². The first-order valence-corrected chi connectivity index (χ1v) is 9.26. The van der Waals surface area contributed by atoms with Crippen LogP contribution in [0.25, 0.3) is 10.9 Å². The third-order valence-corrected chi connectivity index (χ3v) is 4.05. The van der Waals surface area contributed by atoms with E-state index in [1.54, 1.807) is 0 Å². The Kier molecular flexibility index (Phi) is 9.15. The Balaban J connectivity index is 0.000000330. The molecule has 1 atom stereocenters. The van der Waals surface area contributed by atoms with Gasteiger partial charge in [0.25, 0.3) is 0 Å². The van der Waals surface area contributed by atoms with Crippen molar-refractivity contribution in [1.29, 1.82) is 0 Å². The average molecular weight is 438 g/mol. The molecule has 1 aromatic carbocycles. The molecule has 1 unspecified atom stereocenters. The molecule has 170 valence electrons. The van der Waals surface area contributed by atoms with Gasteiger partial charge in [-0.15, -0.1) is 0 Å². The topological polar surface area (TPSA) is 200 Å². The van der Waals surface area contributed by atoms with Gasteiger partial charge >= 0.3 is 23.9 Å². The molecule has 0 radical (unpaired) electrons. The molecule has 0 fully saturated rings. The predicted molar refractivity (Wildman–Crippen MR) is 108 cm³/mol. The Morgan fingerprint density at radius 1 is 1.06 bits per heavy atom. The molecule has 11 heteroatoms. The number of rotatable bonds is 9. The summed E-state index contributed by atoms with van der Waals surface area (Å²) >= 11 is 0. The molecule has 2 aromatic rings. The Labute approximate surface area is 177 Å². The number of carbonyl (C=O) groups is 4. The monoisotopic (exact) mass is 438 g/mol. The summed E-state index contributed by atoms with van der Waals surface area (Å²) in [5.74, 6) is -5.37. The van der Waals surface area contributed by atoms with Crippen molar-refractivity contribution in [3.05, 3.63) is 36.0 Å². The fraction of sp³-hybridized carbons (Fsp3) is 0.400. The van der Waals surface area contributed by atoms with Gasteiger partial charge < -0.3 is 35.9 Å². The van der Waals surface area contributed by atoms with E-state index in [1.807, 2.05) is 44.3 Å². The number of hydrogen-bond acceptors (Lipinski definition) is 7. The Bertz CT molecular complexity index is 920. The van der Waals surface area contributed by atoms with Gasteiger partial charge in [-0.05, 0) is 25.5 Å². The molecule has 0 bridgehead atoms. The lowest BCUT2D eigenvalue weighted by Gasteiger charge is -2.18. The highest BCUT2D eigenvalue weighted by atomic mass is 16.5. The van der Waals surface area contributed by atoms with E-state index in [4.69, 9.17) is 30.9 Å². The highest BCUT2D eigenvalue weighted by Crippen LogP contribution is 2.19. The quantitative estimate of drug-likeness (QED) is 0.303. The maximum atomic E-state index is 11.7. The van der Waals surface area contributed by atoms with Crippen molar-refractivity contribution < 1.29 is 44.3 Å². The second kappa shape index (κ2) is 11.1. The SMILES string of the molecule is CC(C)OC(=O)C(N)Cc1c[nH]c2ccccc12.O=C(O)CC(O)(CC(=O)O)C(=O)O. The number of ether oxygens (including phenoxy) is 1. The fourth-order valence-corrected chi connectivity index (χ4v) is 2.65. The van der Waals surface area contributed by atoms with Crippen LogP contribution >= 0.6 is 0 Å². The van der Waals surface area contributed by atoms with E-state index >= 15 is 0 Å². The fourth-order valence-electron chi connectivity index (χ4n) is 2.65. The number of aromatic nitrogens is 1. The highest BCUT2D eigenvalue weighted by molar-refractivity contribution is 5.88. The van der Waals surface area contributed by atoms with Crippen LogP contribution in [0.2, 0.25) is 0 Å². The first-order valence-electron chi connectivity index (χ1n) is 9.26. The number of nitrogens with two attached hydrogens (primary N) is 1. The van der Waals surface area contributed by atoms with Crippen molar-refractivity contribution in [3.8, 4) is 0 Å². The zero-order valence-electron chi connectivity index (χ0n) is 17.1. The number of benzene rings is 1. The minimum absolute atomic E-state index is 0.133. The molecule has 0 aliphatic carbocycles. The number of fused-ring (bicyclic) bond motifs is 1. The van der Waals surface area contributed by atoms with Crippen LogP contribution in [-0.4, -0.2) is 67.0 Å². The molecule has 0 aliphatic rings. The second-order valence-corrected chi connectivity index (χ2v) is 7.13. The van der Waals surface area contributed by atoms with Crippen molar-refractivity contribution in [2.45, 2.75) is 50.9 Å². The molecule has 0 aliphatic heterocycles. The van der Waals surface area contributed by atoms with Crippen LogP contribution in [0.4, 0.5) is 0 Å². The number of carbonyl (C=O) groups excluding carboxylic acids is 1. The molecule has 2 rings (SSSR count). The van der Waals surface area contributed by atoms with Gasteiger partial charge in [0.1, 0.15) is 6.04 Å². The van der Waals surface area contributed by atoms with E-state index in [0.717, 1.165) is 16.5 Å². The van der Waals surface area contributed by atoms with Crippen molar-refractivity contribution in [3.63, 3.8) is 0 Å². The van der Waals surface area contributed by atoms with E-state index in [2.05, 4.69) is 4.98 Å². The summed E-state index contributed by atoms with van der Waals surface area (Å²) in [6.07, 6.45) is -0.0436. The lowest BCUT2D eigenvalue weighted by atomic mass is 9.96. The zero-order chi connectivity index (χ0) is 23.8. The highest BCUT2D eigenvalue weighted by Gasteiger charge is 2.40. The van der Waals surface area contributed by atoms with Gasteiger partial charge in [0.05, 0.1) is 18.9 Å². The lowest BCUT2D eigenvalue weighted by molar-refractivity contribution is -0.170. The summed E-state index contributed by atoms with van der Waals surface area (Å²) in [6, 6.07) is 7.33. The molecule has 31 heavy (non-hydrogen) atoms. The maximum Gasteiger partial charge on any atom is 0.336 e. The van der Waals surface area contributed by atoms with E-state index in [1.165, 1.54) is 0 Å². The van der Waals surface area contributed by atoms with E-state index in [9.17, 15) is 19.2 Å². The van der Waals surface area contributed by atoms with E-state index in [0.29, 0.717) is 6.42 Å². The summed E-state index contributed by atoms with van der Waals surface area (Å²) < 4.78 is 5.10. The third-order valence-electron chi connectivity index (χ3n) is 4.05. The normalized spacial score (nSPS) is 12.0. The standard InChI is InChI=1S/C14H18N2O2.C6H8O7/c1-9(2)18-14(17)12(15)7-10-8-16-13-6-4-3-5-11(10)13;7-3(8)1-6(13,5(11)12)2-4(9)10/h3-6,8-9,12,16H,7,15H2,1-2H3;13H,1-2H2,(H,7,8)(H,9,10)(H,11,12). The van der Waals surface area contributed by atoms with Gasteiger partial charge in [-0.1, -0.05) is 18.2 Å². The van der Waals surface area contributed by atoms with Gasteiger partial charge in [-0.25, -0.2) is 4.79 Å². The number of esters is 1. The molecule has 7 N–H and O–H groups in total. The summed E-state index contributed by atoms with van der Waals surface area (Å²) in [7, 11) is 0. The predicted octanol–water partition coefficient (Wildman–Crippen LogP) is 0.741. The Morgan fingerprint density at radius 2 is 1.61 bits per heavy atom. The van der Waals surface area contributed by atoms with Crippen molar-refractivity contribution in [1.82, 2.24) is 4.98 Å². The Hall–Kier alpha value is -3.44. The molecule has 1 heterocycles.